The second kappa shape index (κ2) is 6.11. The van der Waals surface area contributed by atoms with Crippen molar-refractivity contribution in [3.05, 3.63) is 65.4 Å². The molecule has 4 aromatic rings. The van der Waals surface area contributed by atoms with Gasteiger partial charge in [0, 0.05) is 16.3 Å². The highest BCUT2D eigenvalue weighted by Gasteiger charge is 2.20. The van der Waals surface area contributed by atoms with E-state index in [9.17, 15) is 9.18 Å². The van der Waals surface area contributed by atoms with E-state index in [-0.39, 0.29) is 18.2 Å². The topological polar surface area (TPSA) is 91.2 Å². The van der Waals surface area contributed by atoms with Crippen LogP contribution in [0.3, 0.4) is 0 Å². The number of fused-ring (bicyclic) bond motifs is 2. The molecule has 6 nitrogen and oxygen atoms in total. The van der Waals surface area contributed by atoms with E-state index in [1.54, 1.807) is 13.0 Å². The Morgan fingerprint density at radius 2 is 2.00 bits per heavy atom. The molecule has 0 aliphatic heterocycles. The largest absolute Gasteiger partial charge is 0.452 e. The average Bonchev–Trinajstić information content (AvgIpc) is 2.96. The van der Waals surface area contributed by atoms with Gasteiger partial charge in [-0.05, 0) is 37.3 Å². The fourth-order valence-electron chi connectivity index (χ4n) is 2.80. The molecule has 2 aromatic heterocycles. The molecule has 0 amide bonds. The van der Waals surface area contributed by atoms with E-state index in [2.05, 4.69) is 9.97 Å². The molecule has 0 spiro atoms. The SMILES string of the molecule is Cc1c(C(=O)OCc2nc(N)c3ccccc3n2)oc2ccc(F)cc12. The number of benzene rings is 2. The highest BCUT2D eigenvalue weighted by Crippen LogP contribution is 2.26. The first kappa shape index (κ1) is 16.0. The molecule has 26 heavy (non-hydrogen) atoms. The Bertz CT molecular complexity index is 1150. The van der Waals surface area contributed by atoms with Gasteiger partial charge in [-0.3, -0.25) is 0 Å². The van der Waals surface area contributed by atoms with E-state index < -0.39 is 11.8 Å². The monoisotopic (exact) mass is 351 g/mol. The van der Waals surface area contributed by atoms with Gasteiger partial charge in [-0.25, -0.2) is 19.2 Å². The van der Waals surface area contributed by atoms with Gasteiger partial charge in [0.05, 0.1) is 5.52 Å². The maximum atomic E-state index is 13.4. The molecular formula is C19H14FN3O3. The van der Waals surface area contributed by atoms with Crippen molar-refractivity contribution in [2.45, 2.75) is 13.5 Å². The number of carbonyl (C=O) groups is 1. The number of hydrogen-bond acceptors (Lipinski definition) is 6. The van der Waals surface area contributed by atoms with Crippen LogP contribution in [0, 0.1) is 12.7 Å². The van der Waals surface area contributed by atoms with Crippen LogP contribution in [-0.4, -0.2) is 15.9 Å². The van der Waals surface area contributed by atoms with Crippen LogP contribution in [-0.2, 0) is 11.3 Å². The van der Waals surface area contributed by atoms with Gasteiger partial charge < -0.3 is 14.9 Å². The van der Waals surface area contributed by atoms with E-state index >= 15 is 0 Å². The van der Waals surface area contributed by atoms with E-state index in [1.807, 2.05) is 18.2 Å². The highest BCUT2D eigenvalue weighted by atomic mass is 19.1. The molecule has 0 fully saturated rings. The lowest BCUT2D eigenvalue weighted by molar-refractivity contribution is 0.0427. The van der Waals surface area contributed by atoms with Gasteiger partial charge in [-0.1, -0.05) is 12.1 Å². The number of hydrogen-bond donors (Lipinski definition) is 1. The molecule has 0 unspecified atom stereocenters. The molecule has 0 saturated heterocycles. The fourth-order valence-corrected chi connectivity index (χ4v) is 2.80. The summed E-state index contributed by atoms with van der Waals surface area (Å²) >= 11 is 0. The smallest absolute Gasteiger partial charge is 0.375 e. The van der Waals surface area contributed by atoms with Crippen molar-refractivity contribution >= 4 is 33.7 Å². The van der Waals surface area contributed by atoms with E-state index in [0.29, 0.717) is 27.9 Å². The minimum absolute atomic E-state index is 0.0272. The lowest BCUT2D eigenvalue weighted by Crippen LogP contribution is -2.09. The third kappa shape index (κ3) is 2.73. The van der Waals surface area contributed by atoms with Crippen LogP contribution in [0.15, 0.2) is 46.9 Å². The molecule has 0 aliphatic carbocycles. The summed E-state index contributed by atoms with van der Waals surface area (Å²) in [6.45, 7) is 1.52. The van der Waals surface area contributed by atoms with E-state index in [4.69, 9.17) is 14.9 Å². The van der Waals surface area contributed by atoms with E-state index in [1.165, 1.54) is 18.2 Å². The molecule has 7 heteroatoms. The standard InChI is InChI=1S/C19H14FN3O3/c1-10-13-8-11(20)6-7-15(13)26-17(10)19(24)25-9-16-22-14-5-3-2-4-12(14)18(21)23-16/h2-8H,9H2,1H3,(H2,21,22,23). The summed E-state index contributed by atoms with van der Waals surface area (Å²) in [5, 5.41) is 1.26. The number of nitrogen functional groups attached to an aromatic ring is 1. The summed E-state index contributed by atoms with van der Waals surface area (Å²) in [7, 11) is 0. The zero-order chi connectivity index (χ0) is 18.3. The summed E-state index contributed by atoms with van der Waals surface area (Å²) < 4.78 is 24.1. The third-order valence-corrected chi connectivity index (χ3v) is 4.10. The molecule has 2 heterocycles. The van der Waals surface area contributed by atoms with Crippen molar-refractivity contribution < 1.29 is 18.3 Å². The van der Waals surface area contributed by atoms with Crippen LogP contribution in [0.1, 0.15) is 21.9 Å². The zero-order valence-corrected chi connectivity index (χ0v) is 13.8. The van der Waals surface area contributed by atoms with Crippen molar-refractivity contribution in [1.29, 1.82) is 0 Å². The quantitative estimate of drug-likeness (QED) is 0.565. The average molecular weight is 351 g/mol. The first-order chi connectivity index (χ1) is 12.5. The number of carbonyl (C=O) groups excluding carboxylic acids is 1. The molecule has 0 atom stereocenters. The summed E-state index contributed by atoms with van der Waals surface area (Å²) in [6.07, 6.45) is 0. The number of ether oxygens (including phenoxy) is 1. The molecular weight excluding hydrogens is 337 g/mol. The Kier molecular flexibility index (Phi) is 3.76. The second-order valence-electron chi connectivity index (χ2n) is 5.82. The first-order valence-electron chi connectivity index (χ1n) is 7.90. The number of para-hydroxylation sites is 1. The van der Waals surface area contributed by atoms with Gasteiger partial charge in [0.2, 0.25) is 5.76 Å². The maximum Gasteiger partial charge on any atom is 0.375 e. The predicted molar refractivity (Wildman–Crippen MR) is 94.0 cm³/mol. The van der Waals surface area contributed by atoms with Gasteiger partial charge in [-0.15, -0.1) is 0 Å². The number of aromatic nitrogens is 2. The molecule has 2 N–H and O–H groups in total. The Balaban J connectivity index is 1.58. The van der Waals surface area contributed by atoms with Gasteiger partial charge >= 0.3 is 5.97 Å². The van der Waals surface area contributed by atoms with Gasteiger partial charge in [-0.2, -0.15) is 0 Å². The summed E-state index contributed by atoms with van der Waals surface area (Å²) in [4.78, 5) is 20.8. The molecule has 0 saturated carbocycles. The predicted octanol–water partition coefficient (Wildman–Crippen LogP) is 3.76. The lowest BCUT2D eigenvalue weighted by atomic mass is 10.1. The molecule has 0 bridgehead atoms. The number of anilines is 1. The van der Waals surface area contributed by atoms with Crippen LogP contribution >= 0.6 is 0 Å². The maximum absolute atomic E-state index is 13.4. The van der Waals surface area contributed by atoms with Crippen molar-refractivity contribution in [1.82, 2.24) is 9.97 Å². The van der Waals surface area contributed by atoms with Gasteiger partial charge in [0.1, 0.15) is 17.2 Å². The minimum atomic E-state index is -0.672. The fraction of sp³-hybridized carbons (Fsp3) is 0.105. The molecule has 0 aliphatic rings. The zero-order valence-electron chi connectivity index (χ0n) is 13.8. The number of aryl methyl sites for hydroxylation is 1. The Morgan fingerprint density at radius 1 is 1.19 bits per heavy atom. The number of esters is 1. The highest BCUT2D eigenvalue weighted by molar-refractivity contribution is 5.96. The molecule has 4 rings (SSSR count). The van der Waals surface area contributed by atoms with Crippen molar-refractivity contribution in [3.8, 4) is 0 Å². The van der Waals surface area contributed by atoms with E-state index in [0.717, 1.165) is 5.39 Å². The summed E-state index contributed by atoms with van der Waals surface area (Å²) in [5.41, 5.74) is 7.52. The second-order valence-corrected chi connectivity index (χ2v) is 5.82. The molecule has 2 aromatic carbocycles. The van der Waals surface area contributed by atoms with Gasteiger partial charge in [0.15, 0.2) is 12.4 Å². The number of furan rings is 1. The lowest BCUT2D eigenvalue weighted by Gasteiger charge is -2.06. The van der Waals surface area contributed by atoms with Crippen molar-refractivity contribution in [3.63, 3.8) is 0 Å². The van der Waals surface area contributed by atoms with Crippen LogP contribution in [0.5, 0.6) is 0 Å². The third-order valence-electron chi connectivity index (χ3n) is 4.10. The normalized spacial score (nSPS) is 11.2. The molecule has 0 radical (unpaired) electrons. The molecule has 130 valence electrons. The summed E-state index contributed by atoms with van der Waals surface area (Å²) in [5.74, 6) is -0.443. The van der Waals surface area contributed by atoms with Crippen molar-refractivity contribution in [2.75, 3.05) is 5.73 Å². The van der Waals surface area contributed by atoms with Crippen LogP contribution in [0.2, 0.25) is 0 Å². The Labute approximate surface area is 147 Å². The Morgan fingerprint density at radius 3 is 2.85 bits per heavy atom. The number of rotatable bonds is 3. The van der Waals surface area contributed by atoms with Crippen LogP contribution in [0.25, 0.3) is 21.9 Å². The number of nitrogens with zero attached hydrogens (tertiary/aromatic N) is 2. The van der Waals surface area contributed by atoms with Crippen LogP contribution < -0.4 is 5.73 Å². The van der Waals surface area contributed by atoms with Crippen LogP contribution in [0.4, 0.5) is 10.2 Å². The van der Waals surface area contributed by atoms with Crippen molar-refractivity contribution in [2.24, 2.45) is 0 Å². The summed E-state index contributed by atoms with van der Waals surface area (Å²) in [6, 6.07) is 11.4. The van der Waals surface area contributed by atoms with Gasteiger partial charge in [0.25, 0.3) is 0 Å². The number of halogens is 1. The number of nitrogens with two attached hydrogens (primary N) is 1. The first-order valence-corrected chi connectivity index (χ1v) is 7.90. The Hall–Kier alpha value is -3.48. The minimum Gasteiger partial charge on any atom is -0.452 e.